The first-order chi connectivity index (χ1) is 14.2. The van der Waals surface area contributed by atoms with Gasteiger partial charge in [0, 0.05) is 13.1 Å². The van der Waals surface area contributed by atoms with E-state index in [0.717, 1.165) is 11.1 Å². The number of ether oxygens (including phenoxy) is 1. The van der Waals surface area contributed by atoms with E-state index in [2.05, 4.69) is 5.32 Å². The Labute approximate surface area is 181 Å². The van der Waals surface area contributed by atoms with Crippen molar-refractivity contribution in [3.8, 4) is 0 Å². The Balaban J connectivity index is 1.69. The third kappa shape index (κ3) is 4.91. The Hall–Kier alpha value is -2.23. The molecule has 1 amide bonds. The molecule has 3 rings (SSSR count). The number of esters is 1. The fourth-order valence-corrected chi connectivity index (χ4v) is 5.89. The minimum atomic E-state index is -3.64. The van der Waals surface area contributed by atoms with E-state index in [1.807, 2.05) is 6.92 Å². The maximum Gasteiger partial charge on any atom is 0.348 e. The number of nitrogens with zero attached hydrogens (tertiary/aromatic N) is 1. The van der Waals surface area contributed by atoms with Crippen molar-refractivity contribution in [3.05, 3.63) is 46.3 Å². The van der Waals surface area contributed by atoms with Gasteiger partial charge >= 0.3 is 5.97 Å². The summed E-state index contributed by atoms with van der Waals surface area (Å²) in [5.74, 6) is -1.10. The highest BCUT2D eigenvalue weighted by atomic mass is 32.2. The summed E-state index contributed by atoms with van der Waals surface area (Å²) in [6, 6.07) is 8.46. The summed E-state index contributed by atoms with van der Waals surface area (Å²) in [5, 5.41) is 3.39. The molecule has 7 nitrogen and oxygen atoms in total. The Morgan fingerprint density at radius 1 is 1.23 bits per heavy atom. The van der Waals surface area contributed by atoms with E-state index in [1.165, 1.54) is 15.6 Å². The number of thiophene rings is 1. The quantitative estimate of drug-likeness (QED) is 0.679. The first-order valence-corrected chi connectivity index (χ1v) is 12.1. The Morgan fingerprint density at radius 3 is 2.60 bits per heavy atom. The second-order valence-electron chi connectivity index (χ2n) is 7.35. The van der Waals surface area contributed by atoms with E-state index in [4.69, 9.17) is 4.74 Å². The normalized spacial score (nSPS) is 17.5. The van der Waals surface area contributed by atoms with Crippen molar-refractivity contribution in [2.24, 2.45) is 5.92 Å². The molecule has 2 aromatic rings. The van der Waals surface area contributed by atoms with Crippen LogP contribution in [0, 0.1) is 19.8 Å². The van der Waals surface area contributed by atoms with Gasteiger partial charge < -0.3 is 10.1 Å². The number of piperidine rings is 1. The minimum Gasteiger partial charge on any atom is -0.462 e. The maximum absolute atomic E-state index is 13.0. The van der Waals surface area contributed by atoms with Crippen LogP contribution >= 0.6 is 11.3 Å². The van der Waals surface area contributed by atoms with Crippen LogP contribution in [0.1, 0.15) is 40.6 Å². The van der Waals surface area contributed by atoms with Gasteiger partial charge in [-0.15, -0.1) is 11.3 Å². The zero-order valence-corrected chi connectivity index (χ0v) is 18.9. The van der Waals surface area contributed by atoms with Crippen LogP contribution in [0.5, 0.6) is 0 Å². The van der Waals surface area contributed by atoms with Crippen molar-refractivity contribution < 1.29 is 22.7 Å². The van der Waals surface area contributed by atoms with Gasteiger partial charge in [0.15, 0.2) is 0 Å². The first kappa shape index (κ1) is 22.5. The molecule has 2 heterocycles. The molecule has 0 spiro atoms. The number of aryl methyl sites for hydroxylation is 2. The van der Waals surface area contributed by atoms with Crippen molar-refractivity contribution in [3.63, 3.8) is 0 Å². The van der Waals surface area contributed by atoms with E-state index in [1.54, 1.807) is 44.2 Å². The number of benzene rings is 1. The van der Waals surface area contributed by atoms with Crippen molar-refractivity contribution in [1.82, 2.24) is 4.31 Å². The zero-order valence-electron chi connectivity index (χ0n) is 17.3. The van der Waals surface area contributed by atoms with Crippen LogP contribution < -0.4 is 5.32 Å². The SMILES string of the molecule is CCOC(=O)c1sc(NC(=O)C2CCCN(S(=O)(=O)c3ccc(C)cc3)C2)cc1C. The van der Waals surface area contributed by atoms with Gasteiger partial charge in [-0.25, -0.2) is 13.2 Å². The molecule has 1 atom stereocenters. The van der Waals surface area contributed by atoms with Gasteiger partial charge in [-0.2, -0.15) is 4.31 Å². The number of sulfonamides is 1. The predicted octanol–water partition coefficient (Wildman–Crippen LogP) is 3.58. The molecule has 30 heavy (non-hydrogen) atoms. The van der Waals surface area contributed by atoms with Gasteiger partial charge in [-0.1, -0.05) is 17.7 Å². The van der Waals surface area contributed by atoms with Gasteiger partial charge in [-0.05, 0) is 57.4 Å². The molecule has 1 aliphatic heterocycles. The summed E-state index contributed by atoms with van der Waals surface area (Å²) < 4.78 is 32.3. The lowest BCUT2D eigenvalue weighted by molar-refractivity contribution is -0.120. The van der Waals surface area contributed by atoms with Gasteiger partial charge in [0.1, 0.15) is 4.88 Å². The minimum absolute atomic E-state index is 0.136. The molecule has 1 aromatic carbocycles. The summed E-state index contributed by atoms with van der Waals surface area (Å²) >= 11 is 1.17. The van der Waals surface area contributed by atoms with Gasteiger partial charge in [0.05, 0.1) is 22.4 Å². The van der Waals surface area contributed by atoms with E-state index >= 15 is 0 Å². The Bertz CT molecular complexity index is 1030. The van der Waals surface area contributed by atoms with Crippen molar-refractivity contribution in [2.75, 3.05) is 25.0 Å². The van der Waals surface area contributed by atoms with E-state index in [0.29, 0.717) is 29.3 Å². The number of carbonyl (C=O) groups is 2. The van der Waals surface area contributed by atoms with Crippen LogP contribution in [-0.2, 0) is 19.6 Å². The average molecular weight is 451 g/mol. The van der Waals surface area contributed by atoms with Gasteiger partial charge in [0.25, 0.3) is 0 Å². The van der Waals surface area contributed by atoms with Crippen LogP contribution in [0.25, 0.3) is 0 Å². The molecule has 1 fully saturated rings. The maximum atomic E-state index is 13.0. The molecule has 1 saturated heterocycles. The topological polar surface area (TPSA) is 92.8 Å². The number of amides is 1. The summed E-state index contributed by atoms with van der Waals surface area (Å²) in [5.41, 5.74) is 1.72. The standard InChI is InChI=1S/C21H26N2O5S2/c1-4-28-21(25)19-15(3)12-18(29-19)22-20(24)16-6-5-11-23(13-16)30(26,27)17-9-7-14(2)8-10-17/h7-10,12,16H,4-6,11,13H2,1-3H3,(H,22,24). The molecular formula is C21H26N2O5S2. The number of carbonyl (C=O) groups excluding carboxylic acids is 2. The fourth-order valence-electron chi connectivity index (χ4n) is 3.40. The molecule has 0 bridgehead atoms. The molecule has 0 saturated carbocycles. The first-order valence-electron chi connectivity index (χ1n) is 9.87. The predicted molar refractivity (Wildman–Crippen MR) is 116 cm³/mol. The van der Waals surface area contributed by atoms with E-state index in [9.17, 15) is 18.0 Å². The number of nitrogens with one attached hydrogen (secondary N) is 1. The Morgan fingerprint density at radius 2 is 1.93 bits per heavy atom. The van der Waals surface area contributed by atoms with Gasteiger partial charge in [0.2, 0.25) is 15.9 Å². The number of anilines is 1. The lowest BCUT2D eigenvalue weighted by atomic mass is 9.99. The molecule has 0 radical (unpaired) electrons. The number of hydrogen-bond donors (Lipinski definition) is 1. The van der Waals surface area contributed by atoms with Crippen LogP contribution in [0.15, 0.2) is 35.2 Å². The second kappa shape index (κ2) is 9.28. The number of rotatable bonds is 6. The highest BCUT2D eigenvalue weighted by molar-refractivity contribution is 7.89. The largest absolute Gasteiger partial charge is 0.462 e. The summed E-state index contributed by atoms with van der Waals surface area (Å²) in [6.07, 6.45) is 1.22. The molecule has 162 valence electrons. The summed E-state index contributed by atoms with van der Waals surface area (Å²) in [6.45, 7) is 6.24. The molecule has 1 unspecified atom stereocenters. The van der Waals surface area contributed by atoms with Crippen LogP contribution in [0.2, 0.25) is 0 Å². The molecule has 0 aliphatic carbocycles. The molecule has 9 heteroatoms. The second-order valence-corrected chi connectivity index (χ2v) is 10.3. The van der Waals surface area contributed by atoms with Crippen LogP contribution in [0.3, 0.4) is 0 Å². The van der Waals surface area contributed by atoms with Gasteiger partial charge in [-0.3, -0.25) is 4.79 Å². The summed E-state index contributed by atoms with van der Waals surface area (Å²) in [7, 11) is -3.64. The summed E-state index contributed by atoms with van der Waals surface area (Å²) in [4.78, 5) is 25.5. The van der Waals surface area contributed by atoms with Crippen LogP contribution in [-0.4, -0.2) is 44.3 Å². The van der Waals surface area contributed by atoms with Crippen molar-refractivity contribution in [2.45, 2.75) is 38.5 Å². The molecular weight excluding hydrogens is 424 g/mol. The monoisotopic (exact) mass is 450 g/mol. The highest BCUT2D eigenvalue weighted by Crippen LogP contribution is 2.29. The lowest BCUT2D eigenvalue weighted by Crippen LogP contribution is -2.43. The average Bonchev–Trinajstić information content (AvgIpc) is 3.08. The molecule has 1 N–H and O–H groups in total. The zero-order chi connectivity index (χ0) is 21.9. The Kier molecular flexibility index (Phi) is 6.95. The molecule has 1 aromatic heterocycles. The van der Waals surface area contributed by atoms with Crippen LogP contribution in [0.4, 0.5) is 5.00 Å². The van der Waals surface area contributed by atoms with Crippen molar-refractivity contribution in [1.29, 1.82) is 0 Å². The smallest absolute Gasteiger partial charge is 0.348 e. The van der Waals surface area contributed by atoms with E-state index < -0.39 is 21.9 Å². The third-order valence-corrected chi connectivity index (χ3v) is 8.05. The lowest BCUT2D eigenvalue weighted by Gasteiger charge is -2.31. The van der Waals surface area contributed by atoms with Crippen molar-refractivity contribution >= 4 is 38.2 Å². The van der Waals surface area contributed by atoms with E-state index in [-0.39, 0.29) is 24.0 Å². The highest BCUT2D eigenvalue weighted by Gasteiger charge is 2.33. The molecule has 1 aliphatic rings. The third-order valence-electron chi connectivity index (χ3n) is 5.04. The fraction of sp³-hybridized carbons (Fsp3) is 0.429. The number of hydrogen-bond acceptors (Lipinski definition) is 6.